The fourth-order valence-electron chi connectivity index (χ4n) is 3.57. The zero-order valence-corrected chi connectivity index (χ0v) is 13.3. The molecule has 1 atom stereocenters. The molecule has 1 unspecified atom stereocenters. The first-order valence-electron chi connectivity index (χ1n) is 7.92. The number of hydrogen-bond donors (Lipinski definition) is 2. The average molecular weight is 304 g/mol. The highest BCUT2D eigenvalue weighted by Gasteiger charge is 2.42. The Bertz CT molecular complexity index is 582. The first kappa shape index (κ1) is 15.1. The van der Waals surface area contributed by atoms with Crippen LogP contribution in [0, 0.1) is 6.92 Å². The number of piperazine rings is 1. The Hall–Kier alpha value is -1.82. The van der Waals surface area contributed by atoms with E-state index in [1.54, 1.807) is 0 Å². The quantitative estimate of drug-likeness (QED) is 0.804. The molecule has 0 radical (unpaired) electrons. The number of rotatable bonds is 1. The van der Waals surface area contributed by atoms with E-state index in [1.807, 2.05) is 24.1 Å². The van der Waals surface area contributed by atoms with Crippen molar-refractivity contribution in [3.8, 4) is 0 Å². The van der Waals surface area contributed by atoms with Gasteiger partial charge >= 0.3 is 0 Å². The summed E-state index contributed by atoms with van der Waals surface area (Å²) < 4.78 is 0. The molecule has 2 aliphatic rings. The fourth-order valence-corrected chi connectivity index (χ4v) is 3.57. The maximum Gasteiger partial charge on any atom is 0.270 e. The number of amides is 2. The second-order valence-electron chi connectivity index (χ2n) is 6.56. The zero-order valence-electron chi connectivity index (χ0n) is 13.3. The van der Waals surface area contributed by atoms with E-state index in [2.05, 4.69) is 22.2 Å². The number of aryl methyl sites for hydroxylation is 1. The largest absolute Gasteiger partial charge is 0.357 e. The summed E-state index contributed by atoms with van der Waals surface area (Å²) in [6, 6.07) is 1.89. The summed E-state index contributed by atoms with van der Waals surface area (Å²) in [6.07, 6.45) is 4.09. The van der Waals surface area contributed by atoms with Gasteiger partial charge in [0.2, 0.25) is 5.91 Å². The topological polar surface area (TPSA) is 68.4 Å². The SMILES string of the molecule is Cc1c[nH]c(C(=O)N2CCN(C)C3(CCNC(=O)CC3)C2)c1. The van der Waals surface area contributed by atoms with Crippen molar-refractivity contribution < 1.29 is 9.59 Å². The van der Waals surface area contributed by atoms with Crippen LogP contribution in [0.15, 0.2) is 12.3 Å². The van der Waals surface area contributed by atoms with Crippen LogP contribution in [-0.2, 0) is 4.79 Å². The second-order valence-corrected chi connectivity index (χ2v) is 6.56. The third-order valence-corrected chi connectivity index (χ3v) is 5.08. The second kappa shape index (κ2) is 5.76. The Kier molecular flexibility index (Phi) is 3.95. The maximum absolute atomic E-state index is 12.7. The molecule has 6 heteroatoms. The van der Waals surface area contributed by atoms with E-state index >= 15 is 0 Å². The molecule has 2 N–H and O–H groups in total. The minimum Gasteiger partial charge on any atom is -0.357 e. The number of carbonyl (C=O) groups excluding carboxylic acids is 2. The highest BCUT2D eigenvalue weighted by molar-refractivity contribution is 5.92. The number of nitrogens with one attached hydrogen (secondary N) is 2. The van der Waals surface area contributed by atoms with E-state index in [0.29, 0.717) is 25.2 Å². The molecule has 0 bridgehead atoms. The van der Waals surface area contributed by atoms with Gasteiger partial charge in [0.1, 0.15) is 5.69 Å². The van der Waals surface area contributed by atoms with Gasteiger partial charge in [0.25, 0.3) is 5.91 Å². The summed E-state index contributed by atoms with van der Waals surface area (Å²) in [5.74, 6) is 0.179. The van der Waals surface area contributed by atoms with Gasteiger partial charge in [0.05, 0.1) is 0 Å². The molecule has 1 aromatic heterocycles. The highest BCUT2D eigenvalue weighted by atomic mass is 16.2. The predicted molar refractivity (Wildman–Crippen MR) is 83.7 cm³/mol. The molecule has 0 aromatic carbocycles. The van der Waals surface area contributed by atoms with Gasteiger partial charge in [-0.1, -0.05) is 0 Å². The number of carbonyl (C=O) groups is 2. The molecule has 3 rings (SSSR count). The van der Waals surface area contributed by atoms with Gasteiger partial charge in [-0.25, -0.2) is 0 Å². The molecule has 1 spiro atoms. The number of nitrogens with zero attached hydrogens (tertiary/aromatic N) is 2. The van der Waals surface area contributed by atoms with Crippen LogP contribution in [0.4, 0.5) is 0 Å². The van der Waals surface area contributed by atoms with E-state index in [1.165, 1.54) is 0 Å². The Balaban J connectivity index is 1.78. The Labute approximate surface area is 130 Å². The number of aromatic amines is 1. The Morgan fingerprint density at radius 1 is 1.32 bits per heavy atom. The summed E-state index contributed by atoms with van der Waals surface area (Å²) in [5, 5.41) is 2.94. The van der Waals surface area contributed by atoms with Crippen LogP contribution in [0.25, 0.3) is 0 Å². The molecule has 22 heavy (non-hydrogen) atoms. The monoisotopic (exact) mass is 304 g/mol. The van der Waals surface area contributed by atoms with Gasteiger partial charge in [0, 0.05) is 44.3 Å². The van der Waals surface area contributed by atoms with Gasteiger partial charge in [-0.05, 0) is 38.4 Å². The van der Waals surface area contributed by atoms with E-state index in [9.17, 15) is 9.59 Å². The summed E-state index contributed by atoms with van der Waals surface area (Å²) in [5.41, 5.74) is 1.63. The minimum absolute atomic E-state index is 0.0594. The molecule has 6 nitrogen and oxygen atoms in total. The smallest absolute Gasteiger partial charge is 0.270 e. The van der Waals surface area contributed by atoms with Crippen molar-refractivity contribution in [1.82, 2.24) is 20.1 Å². The average Bonchev–Trinajstić information content (AvgIpc) is 2.84. The summed E-state index contributed by atoms with van der Waals surface area (Å²) in [7, 11) is 2.11. The number of aromatic nitrogens is 1. The first-order chi connectivity index (χ1) is 10.5. The highest BCUT2D eigenvalue weighted by Crippen LogP contribution is 2.30. The molecule has 1 aromatic rings. The molecule has 2 aliphatic heterocycles. The lowest BCUT2D eigenvalue weighted by atomic mass is 9.86. The third-order valence-electron chi connectivity index (χ3n) is 5.08. The molecule has 2 saturated heterocycles. The lowest BCUT2D eigenvalue weighted by molar-refractivity contribution is -0.121. The molecule has 0 saturated carbocycles. The molecule has 2 amide bonds. The molecular weight excluding hydrogens is 280 g/mol. The van der Waals surface area contributed by atoms with E-state index in [4.69, 9.17) is 0 Å². The van der Waals surface area contributed by atoms with E-state index in [-0.39, 0.29) is 17.4 Å². The Morgan fingerprint density at radius 3 is 2.86 bits per heavy atom. The van der Waals surface area contributed by atoms with Crippen LogP contribution in [0.2, 0.25) is 0 Å². The molecule has 3 heterocycles. The summed E-state index contributed by atoms with van der Waals surface area (Å²) in [4.78, 5) is 31.6. The normalized spacial score (nSPS) is 26.8. The van der Waals surface area contributed by atoms with Crippen molar-refractivity contribution in [1.29, 1.82) is 0 Å². The fraction of sp³-hybridized carbons (Fsp3) is 0.625. The number of H-pyrrole nitrogens is 1. The van der Waals surface area contributed by atoms with Crippen molar-refractivity contribution in [2.75, 3.05) is 33.2 Å². The molecular formula is C16H24N4O2. The van der Waals surface area contributed by atoms with Gasteiger partial charge in [-0.2, -0.15) is 0 Å². The van der Waals surface area contributed by atoms with E-state index < -0.39 is 0 Å². The summed E-state index contributed by atoms with van der Waals surface area (Å²) in [6.45, 7) is 4.93. The van der Waals surface area contributed by atoms with Gasteiger partial charge in [0.15, 0.2) is 0 Å². The lowest BCUT2D eigenvalue weighted by Crippen LogP contribution is -2.62. The van der Waals surface area contributed by atoms with E-state index in [0.717, 1.165) is 31.5 Å². The molecule has 120 valence electrons. The van der Waals surface area contributed by atoms with Gasteiger partial charge in [-0.3, -0.25) is 14.5 Å². The van der Waals surface area contributed by atoms with Crippen LogP contribution < -0.4 is 5.32 Å². The predicted octanol–water partition coefficient (Wildman–Crippen LogP) is 0.750. The van der Waals surface area contributed by atoms with Crippen LogP contribution in [-0.4, -0.2) is 65.4 Å². The van der Waals surface area contributed by atoms with Gasteiger partial charge in [-0.15, -0.1) is 0 Å². The number of likely N-dealkylation sites (N-methyl/N-ethyl adjacent to an activating group) is 1. The molecule has 0 aliphatic carbocycles. The van der Waals surface area contributed by atoms with Gasteiger partial charge < -0.3 is 15.2 Å². The van der Waals surface area contributed by atoms with Crippen molar-refractivity contribution in [2.24, 2.45) is 0 Å². The molecule has 2 fully saturated rings. The van der Waals surface area contributed by atoms with Crippen LogP contribution in [0.5, 0.6) is 0 Å². The van der Waals surface area contributed by atoms with Crippen LogP contribution in [0.3, 0.4) is 0 Å². The summed E-state index contributed by atoms with van der Waals surface area (Å²) >= 11 is 0. The van der Waals surface area contributed by atoms with Crippen molar-refractivity contribution in [2.45, 2.75) is 31.7 Å². The van der Waals surface area contributed by atoms with Crippen molar-refractivity contribution >= 4 is 11.8 Å². The zero-order chi connectivity index (χ0) is 15.7. The number of hydrogen-bond acceptors (Lipinski definition) is 3. The standard InChI is InChI=1S/C16H24N4O2/c1-12-9-13(18-10-12)15(22)20-8-7-19(2)16(11-20)4-3-14(21)17-6-5-16/h9-10,18H,3-8,11H2,1-2H3,(H,17,21). The Morgan fingerprint density at radius 2 is 2.14 bits per heavy atom. The first-order valence-corrected chi connectivity index (χ1v) is 7.92. The minimum atomic E-state index is -0.0886. The van der Waals surface area contributed by atoms with Crippen molar-refractivity contribution in [3.05, 3.63) is 23.5 Å². The maximum atomic E-state index is 12.7. The van der Waals surface area contributed by atoms with Crippen molar-refractivity contribution in [3.63, 3.8) is 0 Å². The van der Waals surface area contributed by atoms with Crippen LogP contribution >= 0.6 is 0 Å². The van der Waals surface area contributed by atoms with Crippen LogP contribution in [0.1, 0.15) is 35.3 Å². The third kappa shape index (κ3) is 2.75. The lowest BCUT2D eigenvalue weighted by Gasteiger charge is -2.49.